The first-order chi connectivity index (χ1) is 20.4. The van der Waals surface area contributed by atoms with Crippen LogP contribution in [0.2, 0.25) is 0 Å². The second-order valence-electron chi connectivity index (χ2n) is 11.9. The van der Waals surface area contributed by atoms with Gasteiger partial charge in [0.15, 0.2) is 11.5 Å². The van der Waals surface area contributed by atoms with Crippen molar-refractivity contribution in [3.63, 3.8) is 0 Å². The summed E-state index contributed by atoms with van der Waals surface area (Å²) in [4.78, 5) is 21.5. The van der Waals surface area contributed by atoms with Gasteiger partial charge in [-0.25, -0.2) is 4.79 Å². The zero-order valence-corrected chi connectivity index (χ0v) is 23.9. The van der Waals surface area contributed by atoms with Gasteiger partial charge in [0.05, 0.1) is 25.0 Å². The van der Waals surface area contributed by atoms with E-state index in [1.165, 1.54) is 19.2 Å². The van der Waals surface area contributed by atoms with Crippen LogP contribution in [0.25, 0.3) is 0 Å². The van der Waals surface area contributed by atoms with Gasteiger partial charge in [0.25, 0.3) is 0 Å². The summed E-state index contributed by atoms with van der Waals surface area (Å²) in [7, 11) is 0. The van der Waals surface area contributed by atoms with Gasteiger partial charge in [-0.3, -0.25) is 15.2 Å². The second kappa shape index (κ2) is 13.0. The number of rotatable bonds is 8. The molecule has 0 amide bonds. The van der Waals surface area contributed by atoms with Crippen molar-refractivity contribution in [3.05, 3.63) is 29.7 Å². The molecule has 0 radical (unpaired) electrons. The lowest BCUT2D eigenvalue weighted by molar-refractivity contribution is -0.160. The fraction of sp³-hybridized carbons (Fsp3) is 0.704. The fourth-order valence-electron chi connectivity index (χ4n) is 6.10. The van der Waals surface area contributed by atoms with Crippen molar-refractivity contribution in [2.24, 2.45) is 10.9 Å². The molecule has 5 N–H and O–H groups in total. The second-order valence-corrected chi connectivity index (χ2v) is 11.9. The predicted octanol–water partition coefficient (Wildman–Crippen LogP) is -0.118. The molecule has 3 fully saturated rings. The van der Waals surface area contributed by atoms with E-state index in [0.717, 1.165) is 58.7 Å². The zero-order valence-electron chi connectivity index (χ0n) is 23.9. The van der Waals surface area contributed by atoms with E-state index < -0.39 is 47.9 Å². The SMILES string of the molecule is CC1(N[C@H]2CO[C@H](CN3CCN(CC4CCN(c5ccc(C(=O)O)nn5)CC4)CC3)[C@H](O)[C@@H]2O)C=NC=C(C(F)(F)F)N1. The molecule has 3 saturated heterocycles. The molecule has 0 bridgehead atoms. The Labute approximate surface area is 247 Å². The Kier molecular flexibility index (Phi) is 9.53. The van der Waals surface area contributed by atoms with Gasteiger partial charge in [-0.05, 0) is 37.8 Å². The molecule has 5 rings (SSSR count). The first kappa shape index (κ1) is 31.5. The number of allylic oxidation sites excluding steroid dienone is 1. The molecule has 1 aromatic heterocycles. The molecular weight excluding hydrogens is 573 g/mol. The van der Waals surface area contributed by atoms with Gasteiger partial charge >= 0.3 is 12.1 Å². The number of alkyl halides is 3. The number of carboxylic acids is 1. The molecule has 0 saturated carbocycles. The van der Waals surface area contributed by atoms with Crippen molar-refractivity contribution >= 4 is 18.0 Å². The van der Waals surface area contributed by atoms with E-state index in [2.05, 4.69) is 40.5 Å². The van der Waals surface area contributed by atoms with Crippen molar-refractivity contribution < 1.29 is 38.0 Å². The van der Waals surface area contributed by atoms with Crippen LogP contribution in [-0.2, 0) is 4.74 Å². The Bertz CT molecular complexity index is 1170. The Hall–Kier alpha value is -2.89. The van der Waals surface area contributed by atoms with Crippen LogP contribution in [-0.4, -0.2) is 143 Å². The van der Waals surface area contributed by atoms with Gasteiger partial charge < -0.3 is 35.2 Å². The van der Waals surface area contributed by atoms with Crippen molar-refractivity contribution in [3.8, 4) is 0 Å². The molecule has 0 aromatic carbocycles. The number of aliphatic hydroxyl groups excluding tert-OH is 2. The van der Waals surface area contributed by atoms with E-state index in [1.807, 2.05) is 0 Å². The highest BCUT2D eigenvalue weighted by atomic mass is 19.4. The molecule has 13 nitrogen and oxygen atoms in total. The van der Waals surface area contributed by atoms with Gasteiger partial charge in [0.1, 0.15) is 23.6 Å². The lowest BCUT2D eigenvalue weighted by atomic mass is 9.95. The third-order valence-electron chi connectivity index (χ3n) is 8.58. The predicted molar refractivity (Wildman–Crippen MR) is 150 cm³/mol. The lowest BCUT2D eigenvalue weighted by Gasteiger charge is -2.45. The quantitative estimate of drug-likeness (QED) is 0.266. The Morgan fingerprint density at radius 1 is 1.07 bits per heavy atom. The molecule has 1 aromatic rings. The number of piperazine rings is 1. The molecule has 1 unspecified atom stereocenters. The third kappa shape index (κ3) is 7.80. The number of piperidine rings is 1. The van der Waals surface area contributed by atoms with Crippen LogP contribution in [0.15, 0.2) is 29.0 Å². The number of ether oxygens (including phenoxy) is 1. The number of hydrogen-bond donors (Lipinski definition) is 5. The molecule has 238 valence electrons. The maximum atomic E-state index is 13.1. The number of hydrogen-bond acceptors (Lipinski definition) is 12. The number of anilines is 1. The minimum absolute atomic E-state index is 0.0209. The van der Waals surface area contributed by atoms with Crippen molar-refractivity contribution in [2.75, 3.05) is 63.9 Å². The molecule has 4 aliphatic heterocycles. The summed E-state index contributed by atoms with van der Waals surface area (Å²) in [6, 6.07) is 2.37. The van der Waals surface area contributed by atoms with Crippen LogP contribution in [0, 0.1) is 5.92 Å². The summed E-state index contributed by atoms with van der Waals surface area (Å²) in [5, 5.41) is 43.7. The fourth-order valence-corrected chi connectivity index (χ4v) is 6.10. The van der Waals surface area contributed by atoms with E-state index in [4.69, 9.17) is 9.84 Å². The minimum atomic E-state index is -4.59. The van der Waals surface area contributed by atoms with Gasteiger partial charge in [0, 0.05) is 58.6 Å². The molecule has 0 spiro atoms. The van der Waals surface area contributed by atoms with Gasteiger partial charge in [-0.2, -0.15) is 13.2 Å². The van der Waals surface area contributed by atoms with Crippen molar-refractivity contribution in [1.82, 2.24) is 30.6 Å². The number of aromatic nitrogens is 2. The molecule has 16 heteroatoms. The van der Waals surface area contributed by atoms with Crippen LogP contribution >= 0.6 is 0 Å². The average molecular weight is 613 g/mol. The first-order valence-corrected chi connectivity index (χ1v) is 14.5. The number of carboxylic acid groups (broad SMARTS) is 1. The molecule has 0 aliphatic carbocycles. The minimum Gasteiger partial charge on any atom is -0.476 e. The molecule has 4 aliphatic rings. The maximum Gasteiger partial charge on any atom is 0.432 e. The normalized spacial score (nSPS) is 31.5. The Morgan fingerprint density at radius 3 is 2.35 bits per heavy atom. The number of nitrogens with one attached hydrogen (secondary N) is 2. The molecule has 43 heavy (non-hydrogen) atoms. The summed E-state index contributed by atoms with van der Waals surface area (Å²) in [5.41, 5.74) is -2.45. The number of aliphatic imine (C=N–C) groups is 1. The molecular formula is C27H39F3N8O5. The van der Waals surface area contributed by atoms with E-state index >= 15 is 0 Å². The highest BCUT2D eigenvalue weighted by Gasteiger charge is 2.44. The summed E-state index contributed by atoms with van der Waals surface area (Å²) >= 11 is 0. The van der Waals surface area contributed by atoms with Crippen LogP contribution in [0.3, 0.4) is 0 Å². The van der Waals surface area contributed by atoms with Gasteiger partial charge in [-0.15, -0.1) is 10.2 Å². The highest BCUT2D eigenvalue weighted by molar-refractivity contribution is 5.85. The topological polar surface area (TPSA) is 159 Å². The third-order valence-corrected chi connectivity index (χ3v) is 8.58. The number of halogens is 3. The summed E-state index contributed by atoms with van der Waals surface area (Å²) in [6.07, 6.45) is -3.66. The summed E-state index contributed by atoms with van der Waals surface area (Å²) in [6.45, 7) is 7.92. The number of carbonyl (C=O) groups is 1. The van der Waals surface area contributed by atoms with E-state index in [1.54, 1.807) is 6.07 Å². The van der Waals surface area contributed by atoms with Crippen LogP contribution < -0.4 is 15.5 Å². The number of aromatic carboxylic acids is 1. The Morgan fingerprint density at radius 2 is 1.74 bits per heavy atom. The van der Waals surface area contributed by atoms with Crippen LogP contribution in [0.5, 0.6) is 0 Å². The van der Waals surface area contributed by atoms with Gasteiger partial charge in [0.2, 0.25) is 0 Å². The maximum absolute atomic E-state index is 13.1. The van der Waals surface area contributed by atoms with Gasteiger partial charge in [-0.1, -0.05) is 0 Å². The highest BCUT2D eigenvalue weighted by Crippen LogP contribution is 2.28. The standard InChI is InChI=1S/C27H39F3N8O5/c1-26(16-31-12-21(33-26)27(28,29)30)32-19-15-43-20(24(40)23(19)39)14-37-10-8-36(9-11-37)13-17-4-6-38(7-5-17)22-3-2-18(25(41)42)34-35-22/h2-3,12,16-17,19-20,23-24,32-33,39-40H,4-11,13-15H2,1H3,(H,41,42)/t19-,20+,23+,24-,26?/m0/s1. The smallest absolute Gasteiger partial charge is 0.432 e. The summed E-state index contributed by atoms with van der Waals surface area (Å²) in [5.74, 6) is 0.145. The van der Waals surface area contributed by atoms with E-state index in [0.29, 0.717) is 24.5 Å². The van der Waals surface area contributed by atoms with Crippen molar-refractivity contribution in [1.29, 1.82) is 0 Å². The largest absolute Gasteiger partial charge is 0.476 e. The van der Waals surface area contributed by atoms with E-state index in [9.17, 15) is 28.2 Å². The monoisotopic (exact) mass is 612 g/mol. The van der Waals surface area contributed by atoms with Crippen molar-refractivity contribution in [2.45, 2.75) is 56.0 Å². The lowest BCUT2D eigenvalue weighted by Crippen LogP contribution is -2.68. The van der Waals surface area contributed by atoms with Crippen LogP contribution in [0.1, 0.15) is 30.3 Å². The molecule has 5 atom stereocenters. The Balaban J connectivity index is 1.02. The number of aliphatic hydroxyl groups is 2. The average Bonchev–Trinajstić information content (AvgIpc) is 2.98. The molecule has 5 heterocycles. The van der Waals surface area contributed by atoms with Crippen LogP contribution in [0.4, 0.5) is 19.0 Å². The summed E-state index contributed by atoms with van der Waals surface area (Å²) < 4.78 is 45.3. The first-order valence-electron chi connectivity index (χ1n) is 14.5. The zero-order chi connectivity index (χ0) is 30.8. The van der Waals surface area contributed by atoms with E-state index in [-0.39, 0.29) is 12.3 Å². The number of nitrogens with zero attached hydrogens (tertiary/aromatic N) is 6.